The molecule has 0 saturated carbocycles. The highest BCUT2D eigenvalue weighted by molar-refractivity contribution is 6.30. The van der Waals surface area contributed by atoms with Gasteiger partial charge in [-0.25, -0.2) is 0 Å². The van der Waals surface area contributed by atoms with Gasteiger partial charge in [-0.2, -0.15) is 0 Å². The molecule has 0 fully saturated rings. The van der Waals surface area contributed by atoms with Gasteiger partial charge >= 0.3 is 0 Å². The molecule has 28 heavy (non-hydrogen) atoms. The Hall–Kier alpha value is -2.98. The molecule has 0 unspecified atom stereocenters. The second-order valence-electron chi connectivity index (χ2n) is 6.32. The Balaban J connectivity index is 1.83. The van der Waals surface area contributed by atoms with Gasteiger partial charge in [-0.15, -0.1) is 0 Å². The summed E-state index contributed by atoms with van der Waals surface area (Å²) in [5.74, 6) is 1.20. The van der Waals surface area contributed by atoms with Crippen molar-refractivity contribution in [3.05, 3.63) is 94.5 Å². The number of carbonyl (C=O) groups is 1. The molecule has 3 aromatic carbocycles. The maximum Gasteiger partial charge on any atom is 0.225 e. The Bertz CT molecular complexity index is 926. The van der Waals surface area contributed by atoms with Crippen LogP contribution in [0.3, 0.4) is 0 Å². The van der Waals surface area contributed by atoms with Crippen LogP contribution in [-0.4, -0.2) is 20.1 Å². The minimum Gasteiger partial charge on any atom is -0.497 e. The topological polar surface area (TPSA) is 47.6 Å². The second-order valence-corrected chi connectivity index (χ2v) is 6.75. The van der Waals surface area contributed by atoms with Crippen molar-refractivity contribution >= 4 is 17.5 Å². The Labute approximate surface area is 170 Å². The highest BCUT2D eigenvalue weighted by Crippen LogP contribution is 2.27. The van der Waals surface area contributed by atoms with Gasteiger partial charge in [-0.3, -0.25) is 4.79 Å². The van der Waals surface area contributed by atoms with Crippen LogP contribution in [0.4, 0.5) is 0 Å². The first kappa shape index (κ1) is 19.8. The predicted octanol–water partition coefficient (Wildman–Crippen LogP) is 4.81. The summed E-state index contributed by atoms with van der Waals surface area (Å²) in [5.41, 5.74) is 2.76. The van der Waals surface area contributed by atoms with E-state index in [9.17, 15) is 4.79 Å². The van der Waals surface area contributed by atoms with Crippen molar-refractivity contribution < 1.29 is 14.3 Å². The quantitative estimate of drug-likeness (QED) is 0.624. The number of hydrogen-bond acceptors (Lipinski definition) is 3. The van der Waals surface area contributed by atoms with Crippen LogP contribution >= 0.6 is 11.6 Å². The molecule has 4 nitrogen and oxygen atoms in total. The molecular formula is C23H22ClNO3. The molecule has 0 heterocycles. The van der Waals surface area contributed by atoms with E-state index < -0.39 is 0 Å². The van der Waals surface area contributed by atoms with Crippen molar-refractivity contribution in [3.63, 3.8) is 0 Å². The van der Waals surface area contributed by atoms with E-state index in [4.69, 9.17) is 21.1 Å². The zero-order valence-electron chi connectivity index (χ0n) is 15.8. The summed E-state index contributed by atoms with van der Waals surface area (Å²) in [6.45, 7) is 0. The normalized spacial score (nSPS) is 11.5. The average molecular weight is 396 g/mol. The lowest BCUT2D eigenvalue weighted by Crippen LogP contribution is -2.30. The molecule has 1 atom stereocenters. The smallest absolute Gasteiger partial charge is 0.225 e. The standard InChI is InChI=1S/C23H22ClNO3/c1-27-20-13-10-18(21(15-20)28-2)14-22(26)25-23(16-6-4-3-5-7-16)17-8-11-19(24)12-9-17/h3-13,15,23H,14H2,1-2H3,(H,25,26)/t23-/m0/s1. The van der Waals surface area contributed by atoms with Crippen LogP contribution in [0.5, 0.6) is 11.5 Å². The summed E-state index contributed by atoms with van der Waals surface area (Å²) in [6, 6.07) is 22.5. The molecular weight excluding hydrogens is 374 g/mol. The average Bonchev–Trinajstić information content (AvgIpc) is 2.73. The maximum atomic E-state index is 12.8. The summed E-state index contributed by atoms with van der Waals surface area (Å²) in [7, 11) is 3.17. The monoisotopic (exact) mass is 395 g/mol. The Morgan fingerprint density at radius 2 is 1.61 bits per heavy atom. The van der Waals surface area contributed by atoms with Crippen LogP contribution in [0.25, 0.3) is 0 Å². The Morgan fingerprint density at radius 1 is 0.929 bits per heavy atom. The third-order valence-electron chi connectivity index (χ3n) is 4.49. The van der Waals surface area contributed by atoms with Gasteiger partial charge in [0.15, 0.2) is 0 Å². The number of ether oxygens (including phenoxy) is 2. The summed E-state index contributed by atoms with van der Waals surface area (Å²) in [6.07, 6.45) is 0.199. The third-order valence-corrected chi connectivity index (χ3v) is 4.74. The number of amides is 1. The minimum absolute atomic E-state index is 0.104. The Kier molecular flexibility index (Phi) is 6.56. The predicted molar refractivity (Wildman–Crippen MR) is 111 cm³/mol. The molecule has 0 spiro atoms. The fraction of sp³-hybridized carbons (Fsp3) is 0.174. The number of nitrogens with one attached hydrogen (secondary N) is 1. The summed E-state index contributed by atoms with van der Waals surface area (Å²) in [4.78, 5) is 12.8. The van der Waals surface area contributed by atoms with Crippen molar-refractivity contribution in [3.8, 4) is 11.5 Å². The molecule has 1 N–H and O–H groups in total. The van der Waals surface area contributed by atoms with Gasteiger partial charge in [0, 0.05) is 16.7 Å². The van der Waals surface area contributed by atoms with Crippen LogP contribution in [-0.2, 0) is 11.2 Å². The van der Waals surface area contributed by atoms with Crippen molar-refractivity contribution in [1.82, 2.24) is 5.32 Å². The summed E-state index contributed by atoms with van der Waals surface area (Å²) in [5, 5.41) is 3.79. The molecule has 144 valence electrons. The third kappa shape index (κ3) is 4.84. The van der Waals surface area contributed by atoms with Gasteiger partial charge in [0.05, 0.1) is 26.7 Å². The van der Waals surface area contributed by atoms with Crippen molar-refractivity contribution in [1.29, 1.82) is 0 Å². The molecule has 0 radical (unpaired) electrons. The van der Waals surface area contributed by atoms with Gasteiger partial charge in [-0.05, 0) is 29.3 Å². The number of hydrogen-bond donors (Lipinski definition) is 1. The number of benzene rings is 3. The van der Waals surface area contributed by atoms with Crippen molar-refractivity contribution in [2.75, 3.05) is 14.2 Å². The van der Waals surface area contributed by atoms with E-state index in [-0.39, 0.29) is 18.4 Å². The first-order valence-electron chi connectivity index (χ1n) is 8.91. The van der Waals surface area contributed by atoms with E-state index in [0.29, 0.717) is 16.5 Å². The molecule has 0 aliphatic rings. The number of methoxy groups -OCH3 is 2. The molecule has 5 heteroatoms. The highest BCUT2D eigenvalue weighted by atomic mass is 35.5. The lowest BCUT2D eigenvalue weighted by Gasteiger charge is -2.20. The first-order chi connectivity index (χ1) is 13.6. The van der Waals surface area contributed by atoms with E-state index in [2.05, 4.69) is 5.32 Å². The lowest BCUT2D eigenvalue weighted by molar-refractivity contribution is -0.121. The van der Waals surface area contributed by atoms with E-state index >= 15 is 0 Å². The van der Waals surface area contributed by atoms with Gasteiger partial charge in [0.25, 0.3) is 0 Å². The zero-order valence-corrected chi connectivity index (χ0v) is 16.6. The minimum atomic E-state index is -0.268. The van der Waals surface area contributed by atoms with Gasteiger partial charge < -0.3 is 14.8 Å². The van der Waals surface area contributed by atoms with Crippen molar-refractivity contribution in [2.45, 2.75) is 12.5 Å². The molecule has 0 aliphatic heterocycles. The molecule has 1 amide bonds. The first-order valence-corrected chi connectivity index (χ1v) is 9.29. The highest BCUT2D eigenvalue weighted by Gasteiger charge is 2.18. The Morgan fingerprint density at radius 3 is 2.25 bits per heavy atom. The maximum absolute atomic E-state index is 12.8. The lowest BCUT2D eigenvalue weighted by atomic mass is 9.98. The largest absolute Gasteiger partial charge is 0.497 e. The second kappa shape index (κ2) is 9.29. The SMILES string of the molecule is COc1ccc(CC(=O)N[C@@H](c2ccccc2)c2ccc(Cl)cc2)c(OC)c1. The van der Waals surface area contributed by atoms with Crippen LogP contribution in [0, 0.1) is 0 Å². The van der Waals surface area contributed by atoms with Crippen LogP contribution < -0.4 is 14.8 Å². The van der Waals surface area contributed by atoms with Gasteiger partial charge in [-0.1, -0.05) is 60.1 Å². The zero-order chi connectivity index (χ0) is 19.9. The molecule has 3 aromatic rings. The van der Waals surface area contributed by atoms with E-state index in [1.54, 1.807) is 20.3 Å². The summed E-state index contributed by atoms with van der Waals surface area (Å²) < 4.78 is 10.6. The summed E-state index contributed by atoms with van der Waals surface area (Å²) >= 11 is 6.02. The fourth-order valence-electron chi connectivity index (χ4n) is 3.04. The number of carbonyl (C=O) groups excluding carboxylic acids is 1. The molecule has 0 aliphatic carbocycles. The number of halogens is 1. The van der Waals surface area contributed by atoms with E-state index in [1.165, 1.54) is 0 Å². The van der Waals surface area contributed by atoms with Gasteiger partial charge in [0.1, 0.15) is 11.5 Å². The van der Waals surface area contributed by atoms with E-state index in [0.717, 1.165) is 16.7 Å². The van der Waals surface area contributed by atoms with Crippen LogP contribution in [0.1, 0.15) is 22.7 Å². The van der Waals surface area contributed by atoms with Crippen LogP contribution in [0.15, 0.2) is 72.8 Å². The molecule has 3 rings (SSSR count). The number of rotatable bonds is 7. The van der Waals surface area contributed by atoms with Crippen LogP contribution in [0.2, 0.25) is 5.02 Å². The van der Waals surface area contributed by atoms with Gasteiger partial charge in [0.2, 0.25) is 5.91 Å². The molecule has 0 aromatic heterocycles. The van der Waals surface area contributed by atoms with E-state index in [1.807, 2.05) is 66.7 Å². The van der Waals surface area contributed by atoms with Crippen molar-refractivity contribution in [2.24, 2.45) is 0 Å². The molecule has 0 saturated heterocycles. The fourth-order valence-corrected chi connectivity index (χ4v) is 3.17. The molecule has 0 bridgehead atoms.